The van der Waals surface area contributed by atoms with Gasteiger partial charge in [0.25, 0.3) is 0 Å². The molecule has 0 atom stereocenters. The minimum atomic E-state index is -0.386. The second-order valence-electron chi connectivity index (χ2n) is 4.13. The third kappa shape index (κ3) is 3.22. The summed E-state index contributed by atoms with van der Waals surface area (Å²) >= 11 is 6.07. The lowest BCUT2D eigenvalue weighted by molar-refractivity contribution is 0.0526. The van der Waals surface area contributed by atoms with Gasteiger partial charge in [0.2, 0.25) is 0 Å². The second kappa shape index (κ2) is 6.30. The van der Waals surface area contributed by atoms with Crippen molar-refractivity contribution in [1.82, 2.24) is 0 Å². The van der Waals surface area contributed by atoms with Crippen LogP contribution in [0.4, 0.5) is 17.1 Å². The monoisotopic (exact) mass is 290 g/mol. The van der Waals surface area contributed by atoms with Crippen LogP contribution in [0.5, 0.6) is 0 Å². The quantitative estimate of drug-likeness (QED) is 0.663. The van der Waals surface area contributed by atoms with Crippen molar-refractivity contribution in [2.75, 3.05) is 17.7 Å². The number of hydrogen-bond acceptors (Lipinski definition) is 4. The topological polar surface area (TPSA) is 64.3 Å². The summed E-state index contributed by atoms with van der Waals surface area (Å²) in [7, 11) is 0. The van der Waals surface area contributed by atoms with Crippen LogP contribution in [0.1, 0.15) is 17.3 Å². The molecule has 104 valence electrons. The molecule has 20 heavy (non-hydrogen) atoms. The molecule has 2 aromatic rings. The summed E-state index contributed by atoms with van der Waals surface area (Å²) < 4.78 is 4.92. The van der Waals surface area contributed by atoms with Crippen molar-refractivity contribution in [3.8, 4) is 0 Å². The summed E-state index contributed by atoms with van der Waals surface area (Å²) in [6.45, 7) is 2.09. The molecule has 4 nitrogen and oxygen atoms in total. The summed E-state index contributed by atoms with van der Waals surface area (Å²) in [4.78, 5) is 11.6. The van der Waals surface area contributed by atoms with Crippen LogP contribution in [-0.2, 0) is 4.74 Å². The number of nitrogen functional groups attached to an aromatic ring is 1. The summed E-state index contributed by atoms with van der Waals surface area (Å²) in [6.07, 6.45) is 0. The van der Waals surface area contributed by atoms with Crippen LogP contribution in [0, 0.1) is 0 Å². The molecule has 0 bridgehead atoms. The first-order chi connectivity index (χ1) is 9.61. The van der Waals surface area contributed by atoms with E-state index in [0.29, 0.717) is 28.6 Å². The number of nitrogens with one attached hydrogen (secondary N) is 1. The lowest BCUT2D eigenvalue weighted by Gasteiger charge is -2.11. The Morgan fingerprint density at radius 2 is 2.00 bits per heavy atom. The van der Waals surface area contributed by atoms with Crippen molar-refractivity contribution in [3.05, 3.63) is 53.1 Å². The minimum absolute atomic E-state index is 0.332. The number of anilines is 3. The van der Waals surface area contributed by atoms with E-state index >= 15 is 0 Å². The molecule has 0 aliphatic rings. The maximum atomic E-state index is 11.6. The van der Waals surface area contributed by atoms with E-state index in [1.54, 1.807) is 31.2 Å². The van der Waals surface area contributed by atoms with Crippen LogP contribution in [0.3, 0.4) is 0 Å². The third-order valence-electron chi connectivity index (χ3n) is 2.71. The van der Waals surface area contributed by atoms with Gasteiger partial charge in [0.05, 0.1) is 34.3 Å². The molecule has 0 unspecified atom stereocenters. The van der Waals surface area contributed by atoms with Gasteiger partial charge in [0.15, 0.2) is 0 Å². The van der Waals surface area contributed by atoms with E-state index in [1.807, 2.05) is 18.2 Å². The number of para-hydroxylation sites is 1. The fourth-order valence-electron chi connectivity index (χ4n) is 1.73. The Kier molecular flexibility index (Phi) is 4.48. The van der Waals surface area contributed by atoms with E-state index < -0.39 is 0 Å². The SMILES string of the molecule is CCOC(=O)c1ccc(Nc2ccccc2Cl)c(N)c1. The molecule has 0 amide bonds. The predicted octanol–water partition coefficient (Wildman–Crippen LogP) is 3.84. The number of nitrogens with two attached hydrogens (primary N) is 1. The van der Waals surface area contributed by atoms with E-state index in [9.17, 15) is 4.79 Å². The van der Waals surface area contributed by atoms with Crippen molar-refractivity contribution in [2.24, 2.45) is 0 Å². The molecular weight excluding hydrogens is 276 g/mol. The zero-order valence-corrected chi connectivity index (χ0v) is 11.8. The molecule has 0 radical (unpaired) electrons. The third-order valence-corrected chi connectivity index (χ3v) is 3.04. The van der Waals surface area contributed by atoms with Crippen LogP contribution in [0.25, 0.3) is 0 Å². The second-order valence-corrected chi connectivity index (χ2v) is 4.53. The highest BCUT2D eigenvalue weighted by molar-refractivity contribution is 6.33. The first kappa shape index (κ1) is 14.2. The molecule has 0 saturated carbocycles. The highest BCUT2D eigenvalue weighted by Gasteiger charge is 2.09. The Bertz CT molecular complexity index is 629. The van der Waals surface area contributed by atoms with Gasteiger partial charge in [-0.05, 0) is 37.3 Å². The van der Waals surface area contributed by atoms with Crippen molar-refractivity contribution < 1.29 is 9.53 Å². The van der Waals surface area contributed by atoms with Crippen molar-refractivity contribution in [3.63, 3.8) is 0 Å². The van der Waals surface area contributed by atoms with E-state index in [1.165, 1.54) is 0 Å². The van der Waals surface area contributed by atoms with Gasteiger partial charge in [0, 0.05) is 0 Å². The predicted molar refractivity (Wildman–Crippen MR) is 81.5 cm³/mol. The van der Waals surface area contributed by atoms with E-state index in [4.69, 9.17) is 22.1 Å². The van der Waals surface area contributed by atoms with Crippen molar-refractivity contribution in [2.45, 2.75) is 6.92 Å². The average molecular weight is 291 g/mol. The number of ether oxygens (including phenoxy) is 1. The Labute approximate surface area is 122 Å². The van der Waals surface area contributed by atoms with Crippen LogP contribution in [0.15, 0.2) is 42.5 Å². The standard InChI is InChI=1S/C15H15ClN2O2/c1-2-20-15(19)10-7-8-14(12(17)9-10)18-13-6-4-3-5-11(13)16/h3-9,18H,2,17H2,1H3. The molecule has 0 heterocycles. The van der Waals surface area contributed by atoms with Crippen molar-refractivity contribution in [1.29, 1.82) is 0 Å². The van der Waals surface area contributed by atoms with Gasteiger partial charge in [0.1, 0.15) is 0 Å². The zero-order valence-electron chi connectivity index (χ0n) is 11.0. The number of esters is 1. The minimum Gasteiger partial charge on any atom is -0.462 e. The smallest absolute Gasteiger partial charge is 0.338 e. The van der Waals surface area contributed by atoms with Gasteiger partial charge < -0.3 is 15.8 Å². The molecule has 0 aliphatic heterocycles. The van der Waals surface area contributed by atoms with E-state index in [-0.39, 0.29) is 5.97 Å². The van der Waals surface area contributed by atoms with Crippen LogP contribution in [-0.4, -0.2) is 12.6 Å². The van der Waals surface area contributed by atoms with Gasteiger partial charge in [-0.1, -0.05) is 23.7 Å². The Morgan fingerprint density at radius 3 is 2.65 bits per heavy atom. The summed E-state index contributed by atoms with van der Waals surface area (Å²) in [5.41, 5.74) is 8.26. The first-order valence-electron chi connectivity index (χ1n) is 6.20. The molecule has 0 aliphatic carbocycles. The highest BCUT2D eigenvalue weighted by atomic mass is 35.5. The van der Waals surface area contributed by atoms with Gasteiger partial charge in [-0.25, -0.2) is 4.79 Å². The number of hydrogen-bond donors (Lipinski definition) is 2. The summed E-state index contributed by atoms with van der Waals surface area (Å²) in [6, 6.07) is 12.3. The lowest BCUT2D eigenvalue weighted by Crippen LogP contribution is -2.06. The van der Waals surface area contributed by atoms with Crippen LogP contribution in [0.2, 0.25) is 5.02 Å². The lowest BCUT2D eigenvalue weighted by atomic mass is 10.1. The fourth-order valence-corrected chi connectivity index (χ4v) is 1.91. The molecule has 0 saturated heterocycles. The van der Waals surface area contributed by atoms with Crippen LogP contribution >= 0.6 is 11.6 Å². The summed E-state index contributed by atoms with van der Waals surface area (Å²) in [5, 5.41) is 3.73. The molecule has 2 aromatic carbocycles. The van der Waals surface area contributed by atoms with E-state index in [0.717, 1.165) is 5.69 Å². The molecule has 0 aromatic heterocycles. The molecule has 0 spiro atoms. The number of rotatable bonds is 4. The number of carbonyl (C=O) groups excluding carboxylic acids is 1. The maximum Gasteiger partial charge on any atom is 0.338 e. The first-order valence-corrected chi connectivity index (χ1v) is 6.58. The number of benzene rings is 2. The Morgan fingerprint density at radius 1 is 1.25 bits per heavy atom. The molecule has 5 heteroatoms. The molecule has 2 rings (SSSR count). The van der Waals surface area contributed by atoms with E-state index in [2.05, 4.69) is 5.32 Å². The largest absolute Gasteiger partial charge is 0.462 e. The fraction of sp³-hybridized carbons (Fsp3) is 0.133. The van der Waals surface area contributed by atoms with Gasteiger partial charge in [-0.2, -0.15) is 0 Å². The summed E-state index contributed by atoms with van der Waals surface area (Å²) in [5.74, 6) is -0.386. The van der Waals surface area contributed by atoms with Gasteiger partial charge in [-0.15, -0.1) is 0 Å². The Balaban J connectivity index is 2.22. The van der Waals surface area contributed by atoms with Crippen molar-refractivity contribution >= 4 is 34.6 Å². The molecule has 0 fully saturated rings. The van der Waals surface area contributed by atoms with Crippen LogP contribution < -0.4 is 11.1 Å². The van der Waals surface area contributed by atoms with Gasteiger partial charge >= 0.3 is 5.97 Å². The molecule has 3 N–H and O–H groups in total. The molecular formula is C15H15ClN2O2. The number of halogens is 1. The zero-order chi connectivity index (χ0) is 14.5. The number of carbonyl (C=O) groups is 1. The average Bonchev–Trinajstić information content (AvgIpc) is 2.43. The normalized spacial score (nSPS) is 10.1. The highest BCUT2D eigenvalue weighted by Crippen LogP contribution is 2.28. The van der Waals surface area contributed by atoms with Gasteiger partial charge in [-0.3, -0.25) is 0 Å². The Hall–Kier alpha value is -2.20. The maximum absolute atomic E-state index is 11.6.